The molecule has 1 aliphatic heterocycles. The Kier molecular flexibility index (Phi) is 6.00. The van der Waals surface area contributed by atoms with Gasteiger partial charge in [-0.25, -0.2) is 13.2 Å². The highest BCUT2D eigenvalue weighted by atomic mass is 32.2. The van der Waals surface area contributed by atoms with E-state index in [9.17, 15) is 13.2 Å². The molecule has 27 heavy (non-hydrogen) atoms. The van der Waals surface area contributed by atoms with Crippen molar-refractivity contribution in [1.29, 1.82) is 0 Å². The number of benzene rings is 1. The first kappa shape index (κ1) is 20.0. The number of esters is 1. The van der Waals surface area contributed by atoms with Crippen LogP contribution in [0, 0.1) is 13.8 Å². The van der Waals surface area contributed by atoms with Crippen LogP contribution in [-0.2, 0) is 21.3 Å². The molecule has 1 fully saturated rings. The first-order chi connectivity index (χ1) is 12.8. The lowest BCUT2D eigenvalue weighted by Gasteiger charge is -2.34. The number of nitrogens with zero attached hydrogens (tertiary/aromatic N) is 2. The topological polar surface area (TPSA) is 66.9 Å². The maximum atomic E-state index is 12.9. The Morgan fingerprint density at radius 1 is 1.11 bits per heavy atom. The minimum atomic E-state index is -3.42. The lowest BCUT2D eigenvalue weighted by molar-refractivity contribution is 0.0600. The summed E-state index contributed by atoms with van der Waals surface area (Å²) in [6.07, 6.45) is 0. The number of ether oxygens (including phenoxy) is 1. The second-order valence-corrected chi connectivity index (χ2v) is 10.0. The molecule has 0 bridgehead atoms. The minimum Gasteiger partial charge on any atom is -0.465 e. The molecule has 8 heteroatoms. The Morgan fingerprint density at radius 2 is 1.74 bits per heavy atom. The standard InChI is InChI=1S/C19H24N2O4S2/c1-14-12-18(15(2)26-14)27(23,24)21-10-8-20(9-11-21)13-16-4-6-17(7-5-16)19(22)25-3/h4-7,12H,8-11,13H2,1-3H3. The van der Waals surface area contributed by atoms with Crippen LogP contribution < -0.4 is 0 Å². The molecule has 1 aromatic heterocycles. The molecule has 1 aliphatic rings. The monoisotopic (exact) mass is 408 g/mol. The molecule has 1 aromatic carbocycles. The Morgan fingerprint density at radius 3 is 2.26 bits per heavy atom. The van der Waals surface area contributed by atoms with E-state index >= 15 is 0 Å². The third kappa shape index (κ3) is 4.40. The van der Waals surface area contributed by atoms with Crippen LogP contribution in [-0.4, -0.2) is 56.9 Å². The largest absolute Gasteiger partial charge is 0.465 e. The van der Waals surface area contributed by atoms with Crippen molar-refractivity contribution < 1.29 is 17.9 Å². The zero-order valence-corrected chi connectivity index (χ0v) is 17.4. The molecule has 0 unspecified atom stereocenters. The van der Waals surface area contributed by atoms with Gasteiger partial charge in [0.05, 0.1) is 17.6 Å². The van der Waals surface area contributed by atoms with Crippen LogP contribution in [0.4, 0.5) is 0 Å². The van der Waals surface area contributed by atoms with Gasteiger partial charge < -0.3 is 4.74 Å². The lowest BCUT2D eigenvalue weighted by Crippen LogP contribution is -2.48. The Labute approximate surface area is 164 Å². The van der Waals surface area contributed by atoms with Gasteiger partial charge in [0.1, 0.15) is 0 Å². The summed E-state index contributed by atoms with van der Waals surface area (Å²) in [5.41, 5.74) is 1.61. The summed E-state index contributed by atoms with van der Waals surface area (Å²) in [4.78, 5) is 16.0. The quantitative estimate of drug-likeness (QED) is 0.712. The van der Waals surface area contributed by atoms with Gasteiger partial charge in [0.2, 0.25) is 10.0 Å². The second kappa shape index (κ2) is 8.10. The normalized spacial score (nSPS) is 16.4. The summed E-state index contributed by atoms with van der Waals surface area (Å²) in [5, 5.41) is 0. The van der Waals surface area contributed by atoms with Gasteiger partial charge in [0.15, 0.2) is 0 Å². The first-order valence-electron chi connectivity index (χ1n) is 8.78. The van der Waals surface area contributed by atoms with Crippen molar-refractivity contribution >= 4 is 27.3 Å². The van der Waals surface area contributed by atoms with E-state index in [-0.39, 0.29) is 5.97 Å². The van der Waals surface area contributed by atoms with Gasteiger partial charge in [0.25, 0.3) is 0 Å². The smallest absolute Gasteiger partial charge is 0.337 e. The van der Waals surface area contributed by atoms with Crippen molar-refractivity contribution in [3.8, 4) is 0 Å². The van der Waals surface area contributed by atoms with Gasteiger partial charge >= 0.3 is 5.97 Å². The number of carbonyl (C=O) groups excluding carboxylic acids is 1. The number of thiophene rings is 1. The predicted octanol–water partition coefficient (Wildman–Crippen LogP) is 2.66. The number of rotatable bonds is 5. The summed E-state index contributed by atoms with van der Waals surface area (Å²) in [6.45, 7) is 6.85. The van der Waals surface area contributed by atoms with Gasteiger partial charge in [-0.2, -0.15) is 4.31 Å². The molecule has 2 heterocycles. The Hall–Kier alpha value is -1.74. The van der Waals surface area contributed by atoms with Crippen LogP contribution in [0.5, 0.6) is 0 Å². The molecule has 0 amide bonds. The highest BCUT2D eigenvalue weighted by Crippen LogP contribution is 2.28. The highest BCUT2D eigenvalue weighted by Gasteiger charge is 2.30. The molecule has 0 spiro atoms. The van der Waals surface area contributed by atoms with Crippen molar-refractivity contribution in [3.05, 3.63) is 51.2 Å². The fourth-order valence-corrected chi connectivity index (χ4v) is 6.20. The summed E-state index contributed by atoms with van der Waals surface area (Å²) >= 11 is 1.52. The number of methoxy groups -OCH3 is 1. The fourth-order valence-electron chi connectivity index (χ4n) is 3.25. The lowest BCUT2D eigenvalue weighted by atomic mass is 10.1. The second-order valence-electron chi connectivity index (χ2n) is 6.65. The van der Waals surface area contributed by atoms with Crippen LogP contribution in [0.3, 0.4) is 0 Å². The fraction of sp³-hybridized carbons (Fsp3) is 0.421. The number of carbonyl (C=O) groups is 1. The number of aryl methyl sites for hydroxylation is 2. The van der Waals surface area contributed by atoms with Crippen molar-refractivity contribution in [3.63, 3.8) is 0 Å². The van der Waals surface area contributed by atoms with Gasteiger partial charge in [-0.3, -0.25) is 4.90 Å². The van der Waals surface area contributed by atoms with E-state index < -0.39 is 10.0 Å². The van der Waals surface area contributed by atoms with E-state index in [0.29, 0.717) is 36.6 Å². The molecule has 6 nitrogen and oxygen atoms in total. The average molecular weight is 409 g/mol. The van der Waals surface area contributed by atoms with Crippen LogP contribution in [0.15, 0.2) is 35.2 Å². The first-order valence-corrected chi connectivity index (χ1v) is 11.0. The maximum absolute atomic E-state index is 12.9. The van der Waals surface area contributed by atoms with Crippen LogP contribution in [0.25, 0.3) is 0 Å². The molecule has 0 saturated carbocycles. The van der Waals surface area contributed by atoms with Crippen LogP contribution in [0.2, 0.25) is 0 Å². The zero-order valence-electron chi connectivity index (χ0n) is 15.8. The number of piperazine rings is 1. The summed E-state index contributed by atoms with van der Waals surface area (Å²) in [5.74, 6) is -0.348. The summed E-state index contributed by atoms with van der Waals surface area (Å²) in [7, 11) is -2.06. The summed E-state index contributed by atoms with van der Waals surface area (Å²) in [6, 6.07) is 9.09. The van der Waals surface area contributed by atoms with E-state index in [0.717, 1.165) is 21.9 Å². The van der Waals surface area contributed by atoms with E-state index in [1.807, 2.05) is 26.0 Å². The molecule has 0 aliphatic carbocycles. The molecule has 0 radical (unpaired) electrons. The molecule has 0 N–H and O–H groups in total. The van der Waals surface area contributed by atoms with Gasteiger partial charge in [0, 0.05) is 42.5 Å². The van der Waals surface area contributed by atoms with E-state index in [1.54, 1.807) is 22.5 Å². The van der Waals surface area contributed by atoms with Crippen molar-refractivity contribution in [2.45, 2.75) is 25.3 Å². The van der Waals surface area contributed by atoms with Crippen LogP contribution >= 0.6 is 11.3 Å². The molecule has 2 aromatic rings. The zero-order chi connectivity index (χ0) is 19.6. The molecule has 146 valence electrons. The molecular weight excluding hydrogens is 384 g/mol. The van der Waals surface area contributed by atoms with Crippen LogP contribution in [0.1, 0.15) is 25.7 Å². The van der Waals surface area contributed by atoms with E-state index in [4.69, 9.17) is 4.74 Å². The number of sulfonamides is 1. The number of hydrogen-bond donors (Lipinski definition) is 0. The maximum Gasteiger partial charge on any atom is 0.337 e. The minimum absolute atomic E-state index is 0.348. The predicted molar refractivity (Wildman–Crippen MR) is 106 cm³/mol. The van der Waals surface area contributed by atoms with Gasteiger partial charge in [-0.15, -0.1) is 11.3 Å². The van der Waals surface area contributed by atoms with Gasteiger partial charge in [-0.1, -0.05) is 12.1 Å². The average Bonchev–Trinajstić information content (AvgIpc) is 3.01. The molecule has 0 atom stereocenters. The third-order valence-corrected chi connectivity index (χ3v) is 7.85. The van der Waals surface area contributed by atoms with Gasteiger partial charge in [-0.05, 0) is 37.6 Å². The van der Waals surface area contributed by atoms with Crippen molar-refractivity contribution in [2.75, 3.05) is 33.3 Å². The van der Waals surface area contributed by atoms with E-state index in [2.05, 4.69) is 4.90 Å². The third-order valence-electron chi connectivity index (χ3n) is 4.73. The molecule has 1 saturated heterocycles. The summed E-state index contributed by atoms with van der Waals surface area (Å²) < 4.78 is 32.1. The highest BCUT2D eigenvalue weighted by molar-refractivity contribution is 7.89. The Bertz CT molecular complexity index is 912. The van der Waals surface area contributed by atoms with Crippen molar-refractivity contribution in [1.82, 2.24) is 9.21 Å². The van der Waals surface area contributed by atoms with Crippen molar-refractivity contribution in [2.24, 2.45) is 0 Å². The molecule has 3 rings (SSSR count). The molecular formula is C19H24N2O4S2. The number of hydrogen-bond acceptors (Lipinski definition) is 6. The Balaban J connectivity index is 1.60. The SMILES string of the molecule is COC(=O)c1ccc(CN2CCN(S(=O)(=O)c3cc(C)sc3C)CC2)cc1. The van der Waals surface area contributed by atoms with E-state index in [1.165, 1.54) is 18.4 Å².